The number of likely N-dealkylation sites (tertiary alicyclic amines) is 1. The van der Waals surface area contributed by atoms with Crippen LogP contribution in [0.15, 0.2) is 24.3 Å². The number of nitro groups is 1. The van der Waals surface area contributed by atoms with Gasteiger partial charge in [0.25, 0.3) is 17.5 Å². The molecule has 0 aliphatic carbocycles. The van der Waals surface area contributed by atoms with Crippen molar-refractivity contribution in [2.45, 2.75) is 76.3 Å². The number of anilines is 1. The Morgan fingerprint density at radius 2 is 1.67 bits per heavy atom. The largest absolute Gasteiger partial charge is 0.493 e. The lowest BCUT2D eigenvalue weighted by Gasteiger charge is -2.31. The number of ether oxygens (including phenoxy) is 5. The molecule has 0 saturated carbocycles. The average Bonchev–Trinajstić information content (AvgIpc) is 3.77. The zero-order valence-electron chi connectivity index (χ0n) is 28.9. The van der Waals surface area contributed by atoms with Gasteiger partial charge in [-0.2, -0.15) is 0 Å². The maximum absolute atomic E-state index is 13.7. The van der Waals surface area contributed by atoms with Gasteiger partial charge in [-0.1, -0.05) is 6.92 Å². The number of carbonyl (C=O) groups excluding carboxylic acids is 2. The summed E-state index contributed by atoms with van der Waals surface area (Å²) in [5.74, 6) is 2.01. The van der Waals surface area contributed by atoms with Gasteiger partial charge in [0.2, 0.25) is 0 Å². The van der Waals surface area contributed by atoms with E-state index in [1.807, 2.05) is 24.8 Å². The fourth-order valence-electron chi connectivity index (χ4n) is 6.82. The molecule has 5 rings (SSSR count). The molecule has 1 unspecified atom stereocenters. The number of unbranched alkanes of at least 4 members (excludes halogenated alkanes) is 2. The number of methoxy groups -OCH3 is 2. The van der Waals surface area contributed by atoms with Crippen LogP contribution in [0, 0.1) is 10.1 Å². The van der Waals surface area contributed by atoms with Crippen molar-refractivity contribution in [1.29, 1.82) is 0 Å². The van der Waals surface area contributed by atoms with Crippen LogP contribution >= 0.6 is 11.8 Å². The van der Waals surface area contributed by atoms with E-state index in [9.17, 15) is 19.7 Å². The van der Waals surface area contributed by atoms with Gasteiger partial charge >= 0.3 is 0 Å². The number of hydrogen-bond acceptors (Lipinski definition) is 11. The lowest BCUT2D eigenvalue weighted by molar-refractivity contribution is -0.385. The molecule has 14 heteroatoms. The summed E-state index contributed by atoms with van der Waals surface area (Å²) in [5, 5.41) is 15.6. The molecular formula is C35H48N4O9S. The lowest BCUT2D eigenvalue weighted by Crippen LogP contribution is -2.43. The molecule has 2 amide bonds. The van der Waals surface area contributed by atoms with Gasteiger partial charge in [-0.05, 0) is 63.7 Å². The summed E-state index contributed by atoms with van der Waals surface area (Å²) in [7, 11) is 3.01. The first kappa shape index (κ1) is 36.4. The molecule has 2 fully saturated rings. The Hall–Kier alpha value is -3.91. The van der Waals surface area contributed by atoms with E-state index < -0.39 is 10.8 Å². The average molecular weight is 701 g/mol. The molecule has 0 spiro atoms. The normalized spacial score (nSPS) is 19.1. The molecule has 1 N–H and O–H groups in total. The molecule has 0 aromatic heterocycles. The fraction of sp³-hybridized carbons (Fsp3) is 0.600. The maximum Gasteiger partial charge on any atom is 0.286 e. The number of rotatable bonds is 17. The van der Waals surface area contributed by atoms with Crippen molar-refractivity contribution in [2.24, 2.45) is 0 Å². The van der Waals surface area contributed by atoms with Crippen molar-refractivity contribution in [2.75, 3.05) is 64.7 Å². The Bertz CT molecular complexity index is 1490. The molecule has 2 saturated heterocycles. The molecule has 3 atom stereocenters. The van der Waals surface area contributed by atoms with Gasteiger partial charge < -0.3 is 38.8 Å². The summed E-state index contributed by atoms with van der Waals surface area (Å²) in [6, 6.07) is 6.34. The van der Waals surface area contributed by atoms with E-state index >= 15 is 0 Å². The zero-order chi connectivity index (χ0) is 34.9. The predicted octanol–water partition coefficient (Wildman–Crippen LogP) is 5.99. The highest BCUT2D eigenvalue weighted by atomic mass is 32.2. The van der Waals surface area contributed by atoms with Crippen LogP contribution in [0.5, 0.6) is 23.0 Å². The number of amides is 2. The number of nitrogens with one attached hydrogen (secondary N) is 1. The topological polar surface area (TPSA) is 142 Å². The van der Waals surface area contributed by atoms with Crippen LogP contribution in [0.25, 0.3) is 0 Å². The van der Waals surface area contributed by atoms with Crippen LogP contribution in [0.3, 0.4) is 0 Å². The monoisotopic (exact) mass is 700 g/mol. The number of benzene rings is 2. The van der Waals surface area contributed by atoms with E-state index in [2.05, 4.69) is 5.32 Å². The number of fused-ring (bicyclic) bond motifs is 2. The zero-order valence-corrected chi connectivity index (χ0v) is 29.7. The Kier molecular flexibility index (Phi) is 12.7. The van der Waals surface area contributed by atoms with Crippen molar-refractivity contribution < 1.29 is 38.2 Å². The van der Waals surface area contributed by atoms with Crippen molar-refractivity contribution in [3.63, 3.8) is 0 Å². The first-order valence-corrected chi connectivity index (χ1v) is 18.3. The molecular weight excluding hydrogens is 652 g/mol. The number of hydrogen-bond donors (Lipinski definition) is 1. The summed E-state index contributed by atoms with van der Waals surface area (Å²) in [6.45, 7) is 7.21. The Morgan fingerprint density at radius 3 is 2.35 bits per heavy atom. The van der Waals surface area contributed by atoms with Gasteiger partial charge in [-0.3, -0.25) is 19.7 Å². The van der Waals surface area contributed by atoms with E-state index in [-0.39, 0.29) is 46.2 Å². The van der Waals surface area contributed by atoms with Gasteiger partial charge in [0.1, 0.15) is 11.0 Å². The van der Waals surface area contributed by atoms with Crippen LogP contribution in [-0.4, -0.2) is 103 Å². The molecule has 2 aromatic rings. The Labute approximate surface area is 292 Å². The van der Waals surface area contributed by atoms with Crippen LogP contribution < -0.4 is 24.3 Å². The third kappa shape index (κ3) is 8.29. The van der Waals surface area contributed by atoms with Gasteiger partial charge in [0, 0.05) is 44.4 Å². The van der Waals surface area contributed by atoms with E-state index in [1.54, 1.807) is 29.8 Å². The van der Waals surface area contributed by atoms with E-state index in [4.69, 9.17) is 23.7 Å². The Balaban J connectivity index is 1.16. The first-order chi connectivity index (χ1) is 23.8. The molecule has 0 bridgehead atoms. The minimum Gasteiger partial charge on any atom is -0.493 e. The smallest absolute Gasteiger partial charge is 0.286 e. The standard InChI is InChI=1S/C35H48N4O9S/c1-5-46-35(49-6-2)27-13-11-15-38(27)34(41)25-19-30(45-4)32(21-28(25)39(42)43)48-17-9-7-8-16-47-31-20-26-24(18-29(31)44-3)33(40)37-14-10-12-23(37)22-36-26/h18-21,23,27,35-36H,5-17,22H2,1-4H3/t23-,27-,35?/m0/s1. The molecule has 268 valence electrons. The van der Waals surface area contributed by atoms with Crippen molar-refractivity contribution in [3.05, 3.63) is 45.5 Å². The maximum atomic E-state index is 13.7. The third-order valence-corrected chi connectivity index (χ3v) is 10.4. The molecule has 3 aliphatic rings. The van der Waals surface area contributed by atoms with E-state index in [0.717, 1.165) is 56.5 Å². The highest BCUT2D eigenvalue weighted by Crippen LogP contribution is 2.39. The quantitative estimate of drug-likeness (QED) is 0.0900. The lowest BCUT2D eigenvalue weighted by atomic mass is 10.1. The highest BCUT2D eigenvalue weighted by Gasteiger charge is 2.39. The van der Waals surface area contributed by atoms with Crippen LogP contribution in [0.2, 0.25) is 0 Å². The number of carbonyl (C=O) groups is 2. The second kappa shape index (κ2) is 17.1. The minimum absolute atomic E-state index is 0.0213. The van der Waals surface area contributed by atoms with Gasteiger partial charge in [0.15, 0.2) is 23.0 Å². The summed E-state index contributed by atoms with van der Waals surface area (Å²) in [6.07, 6.45) is 5.77. The van der Waals surface area contributed by atoms with Crippen LogP contribution in [0.4, 0.5) is 11.4 Å². The number of thioether (sulfide) groups is 1. The number of nitro benzene ring substituents is 1. The van der Waals surface area contributed by atoms with Crippen LogP contribution in [-0.2, 0) is 4.74 Å². The van der Waals surface area contributed by atoms with Crippen LogP contribution in [0.1, 0.15) is 79.5 Å². The van der Waals surface area contributed by atoms with Gasteiger partial charge in [-0.15, -0.1) is 11.8 Å². The molecule has 0 radical (unpaired) electrons. The van der Waals surface area contributed by atoms with E-state index in [0.29, 0.717) is 56.4 Å². The fourth-order valence-corrected chi connectivity index (χ4v) is 7.89. The summed E-state index contributed by atoms with van der Waals surface area (Å²) < 4.78 is 29.0. The molecule has 3 aliphatic heterocycles. The predicted molar refractivity (Wildman–Crippen MR) is 188 cm³/mol. The van der Waals surface area contributed by atoms with Crippen molar-refractivity contribution >= 4 is 35.0 Å². The summed E-state index contributed by atoms with van der Waals surface area (Å²) in [5.41, 5.74) is 0.816. The minimum atomic E-state index is -0.547. The molecule has 2 aromatic carbocycles. The second-order valence-corrected chi connectivity index (χ2v) is 13.6. The SMILES string of the molecule is CCOC(SCC)[C@@H]1CCCN1C(=O)c1cc(OC)c(OCCCCCOc2cc3c(cc2OC)C(=O)N2CCC[C@H]2CN3)cc1[N+](=O)[O-]. The molecule has 49 heavy (non-hydrogen) atoms. The third-order valence-electron chi connectivity index (χ3n) is 9.25. The van der Waals surface area contributed by atoms with E-state index in [1.165, 1.54) is 19.2 Å². The number of nitrogens with zero attached hydrogens (tertiary/aromatic N) is 3. The van der Waals surface area contributed by atoms with Gasteiger partial charge in [-0.25, -0.2) is 0 Å². The Morgan fingerprint density at radius 1 is 0.980 bits per heavy atom. The molecule has 3 heterocycles. The summed E-state index contributed by atoms with van der Waals surface area (Å²) in [4.78, 5) is 42.1. The second-order valence-electron chi connectivity index (χ2n) is 12.2. The van der Waals surface area contributed by atoms with Gasteiger partial charge in [0.05, 0.1) is 55.7 Å². The first-order valence-electron chi connectivity index (χ1n) is 17.2. The van der Waals surface area contributed by atoms with Crippen molar-refractivity contribution in [1.82, 2.24) is 9.80 Å². The van der Waals surface area contributed by atoms with Crippen molar-refractivity contribution in [3.8, 4) is 23.0 Å². The highest BCUT2D eigenvalue weighted by molar-refractivity contribution is 7.99. The summed E-state index contributed by atoms with van der Waals surface area (Å²) >= 11 is 1.64. The molecule has 13 nitrogen and oxygen atoms in total.